The molecular formula is C32H23CrLiN8O8. The first-order valence-electron chi connectivity index (χ1n) is 13.8. The second-order valence-electron chi connectivity index (χ2n) is 9.90. The molecule has 0 amide bonds. The molecule has 50 heavy (non-hydrogen) atoms. The number of phenols is 3. The number of nitrogens with zero attached hydrogens (tertiary/aromatic N) is 8. The van der Waals surface area contributed by atoms with Crippen molar-refractivity contribution in [2.24, 2.45) is 20.5 Å². The molecule has 0 aliphatic carbocycles. The van der Waals surface area contributed by atoms with Crippen LogP contribution >= 0.6 is 0 Å². The monoisotopic (exact) mass is 706 g/mol. The van der Waals surface area contributed by atoms with Crippen molar-refractivity contribution < 1.29 is 61.4 Å². The Hall–Kier alpha value is -6.10. The molecule has 0 aliphatic heterocycles. The molecule has 0 saturated carbocycles. The first-order valence-corrected chi connectivity index (χ1v) is 13.8. The zero-order valence-electron chi connectivity index (χ0n) is 26.2. The van der Waals surface area contributed by atoms with Gasteiger partial charge < -0.3 is 25.2 Å². The number of fused-ring (bicyclic) bond motifs is 1. The number of para-hydroxylation sites is 1. The Bertz CT molecular complexity index is 2290. The van der Waals surface area contributed by atoms with Crippen LogP contribution in [-0.4, -0.2) is 34.9 Å². The molecule has 5 aromatic carbocycles. The molecule has 0 aliphatic rings. The van der Waals surface area contributed by atoms with Gasteiger partial charge >= 0.3 is 18.9 Å². The van der Waals surface area contributed by atoms with Crippen LogP contribution in [0.1, 0.15) is 5.69 Å². The maximum atomic E-state index is 12.4. The summed E-state index contributed by atoms with van der Waals surface area (Å²) in [6, 6.07) is 26.3. The molecule has 16 nitrogen and oxygen atoms in total. The smallest absolute Gasteiger partial charge is 0.506 e. The van der Waals surface area contributed by atoms with E-state index in [2.05, 4.69) is 25.6 Å². The molecular weight excluding hydrogens is 683 g/mol. The first kappa shape index (κ1) is 38.3. The molecule has 0 atom stereocenters. The van der Waals surface area contributed by atoms with Gasteiger partial charge in [-0.3, -0.25) is 20.2 Å². The summed E-state index contributed by atoms with van der Waals surface area (Å²) in [5.41, 5.74) is 0.189. The van der Waals surface area contributed by atoms with Crippen LogP contribution in [0.2, 0.25) is 0 Å². The van der Waals surface area contributed by atoms with Crippen LogP contribution in [0, 0.1) is 27.2 Å². The van der Waals surface area contributed by atoms with Crippen LogP contribution in [0.15, 0.2) is 128 Å². The fourth-order valence-electron chi connectivity index (χ4n) is 4.33. The number of hydrogen-bond donors (Lipinski definition) is 3. The second kappa shape index (κ2) is 16.8. The van der Waals surface area contributed by atoms with Gasteiger partial charge in [-0.15, -0.1) is 15.9 Å². The van der Waals surface area contributed by atoms with Gasteiger partial charge in [-0.05, 0) is 35.7 Å². The fraction of sp³-hybridized carbons (Fsp3) is 0.0312. The number of nitro groups is 2. The van der Waals surface area contributed by atoms with Crippen LogP contribution in [0.5, 0.6) is 17.2 Å². The van der Waals surface area contributed by atoms with Gasteiger partial charge in [0.05, 0.1) is 21.6 Å². The number of non-ortho nitro benzene ring substituents is 2. The Labute approximate surface area is 304 Å². The predicted molar refractivity (Wildman–Crippen MR) is 174 cm³/mol. The molecule has 246 valence electrons. The molecule has 0 saturated heterocycles. The number of azo groups is 2. The standard InChI is InChI=1S/C16H12N5O4.C16H11N3O4.Cr.Li/c1-10-15(16(23)20(19-10)11-5-3-2-4-6-11)18-17-13-9-12(21(24)25)7-8-14(13)22;20-14-8-5-10-3-1-2-4-12(10)16(14)18-17-13-7-6-11(19(22)23)9-15(13)21;;/h2-9,22H,1H3;1-9,20-21H;;/q-1;;;+1. The van der Waals surface area contributed by atoms with Gasteiger partial charge in [-0.2, -0.15) is 5.11 Å². The van der Waals surface area contributed by atoms with Gasteiger partial charge in [0.2, 0.25) is 0 Å². The van der Waals surface area contributed by atoms with Crippen LogP contribution in [0.25, 0.3) is 16.5 Å². The molecule has 6 aromatic rings. The SMILES string of the molecule is Cc1nn(-c2ccccc2)c(=O)[c-]1N=Nc1cc([N+](=O)[O-])ccc1O.O=[N+]([O-])c1ccc(N=Nc2c(O)ccc3ccccc23)c(O)c1.[Cr].[Li+]. The minimum Gasteiger partial charge on any atom is -0.506 e. The van der Waals surface area contributed by atoms with Crippen LogP contribution in [0.3, 0.4) is 0 Å². The minimum atomic E-state index is -0.615. The average molecular weight is 707 g/mol. The zero-order valence-corrected chi connectivity index (χ0v) is 27.5. The largest absolute Gasteiger partial charge is 1.00 e. The molecule has 1 aromatic heterocycles. The van der Waals surface area contributed by atoms with E-state index in [1.54, 1.807) is 43.3 Å². The topological polar surface area (TPSA) is 231 Å². The van der Waals surface area contributed by atoms with Crippen molar-refractivity contribution in [1.82, 2.24) is 9.78 Å². The zero-order chi connectivity index (χ0) is 34.4. The summed E-state index contributed by atoms with van der Waals surface area (Å²) in [7, 11) is 0. The number of nitro benzene ring substituents is 2. The number of aryl methyl sites for hydroxylation is 1. The van der Waals surface area contributed by atoms with E-state index in [0.717, 1.165) is 29.7 Å². The van der Waals surface area contributed by atoms with Gasteiger partial charge in [0.15, 0.2) is 0 Å². The van der Waals surface area contributed by atoms with Crippen LogP contribution in [-0.2, 0) is 17.4 Å². The average Bonchev–Trinajstić information content (AvgIpc) is 3.37. The van der Waals surface area contributed by atoms with E-state index in [-0.39, 0.29) is 87.6 Å². The maximum absolute atomic E-state index is 12.4. The summed E-state index contributed by atoms with van der Waals surface area (Å²) in [6.07, 6.45) is 0. The number of aromatic hydroxyl groups is 3. The Balaban J connectivity index is 0.000000261. The van der Waals surface area contributed by atoms with E-state index in [4.69, 9.17) is 0 Å². The molecule has 0 bridgehead atoms. The summed E-state index contributed by atoms with van der Waals surface area (Å²) in [5.74, 6) is -0.688. The van der Waals surface area contributed by atoms with E-state index >= 15 is 0 Å². The summed E-state index contributed by atoms with van der Waals surface area (Å²) in [4.78, 5) is 32.7. The molecule has 3 N–H and O–H groups in total. The maximum Gasteiger partial charge on any atom is 1.00 e. The van der Waals surface area contributed by atoms with Gasteiger partial charge in [0.1, 0.15) is 39.9 Å². The Morgan fingerprint density at radius 2 is 1.34 bits per heavy atom. The first-order chi connectivity index (χ1) is 23.0. The van der Waals surface area contributed by atoms with Crippen molar-refractivity contribution in [2.45, 2.75) is 6.92 Å². The fourth-order valence-corrected chi connectivity index (χ4v) is 4.33. The second-order valence-corrected chi connectivity index (χ2v) is 9.90. The summed E-state index contributed by atoms with van der Waals surface area (Å²) in [6.45, 7) is 1.60. The van der Waals surface area contributed by atoms with Gasteiger partial charge in [0, 0.05) is 40.9 Å². The minimum absolute atomic E-state index is 0. The Kier molecular flexibility index (Phi) is 12.9. The van der Waals surface area contributed by atoms with Gasteiger partial charge in [0.25, 0.3) is 11.4 Å². The molecule has 0 fully saturated rings. The van der Waals surface area contributed by atoms with E-state index < -0.39 is 15.4 Å². The van der Waals surface area contributed by atoms with Crippen molar-refractivity contribution in [2.75, 3.05) is 0 Å². The normalized spacial score (nSPS) is 10.7. The molecule has 0 radical (unpaired) electrons. The quantitative estimate of drug-likeness (QED) is 0.0675. The van der Waals surface area contributed by atoms with E-state index in [1.165, 1.54) is 22.9 Å². The Morgan fingerprint density at radius 1 is 0.720 bits per heavy atom. The van der Waals surface area contributed by atoms with Crippen LogP contribution < -0.4 is 24.4 Å². The van der Waals surface area contributed by atoms with Gasteiger partial charge in [-0.1, -0.05) is 61.1 Å². The summed E-state index contributed by atoms with van der Waals surface area (Å²) in [5, 5.41) is 72.1. The molecule has 0 spiro atoms. The van der Waals surface area contributed by atoms with Crippen molar-refractivity contribution in [3.63, 3.8) is 0 Å². The molecule has 6 rings (SSSR count). The number of phenolic OH excluding ortho intramolecular Hbond substituents is 3. The number of aromatic nitrogens is 2. The van der Waals surface area contributed by atoms with Gasteiger partial charge in [-0.25, -0.2) is 9.78 Å². The van der Waals surface area contributed by atoms with Crippen molar-refractivity contribution >= 4 is 44.9 Å². The molecule has 1 heterocycles. The van der Waals surface area contributed by atoms with E-state index in [9.17, 15) is 40.3 Å². The number of hydrogen-bond acceptors (Lipinski definition) is 13. The molecule has 0 unspecified atom stereocenters. The van der Waals surface area contributed by atoms with Crippen molar-refractivity contribution in [1.29, 1.82) is 0 Å². The third kappa shape index (κ3) is 8.67. The summed E-state index contributed by atoms with van der Waals surface area (Å²) < 4.78 is 1.19. The van der Waals surface area contributed by atoms with Crippen molar-refractivity contribution in [3.8, 4) is 22.9 Å². The number of rotatable bonds is 7. The van der Waals surface area contributed by atoms with Crippen molar-refractivity contribution in [3.05, 3.63) is 139 Å². The van der Waals surface area contributed by atoms with Crippen LogP contribution in [0.4, 0.5) is 34.1 Å². The number of benzene rings is 5. The summed E-state index contributed by atoms with van der Waals surface area (Å²) >= 11 is 0. The van der Waals surface area contributed by atoms with E-state index in [1.807, 2.05) is 24.3 Å². The Morgan fingerprint density at radius 3 is 2.02 bits per heavy atom. The molecule has 18 heteroatoms. The third-order valence-electron chi connectivity index (χ3n) is 6.72. The predicted octanol–water partition coefficient (Wildman–Crippen LogP) is 4.87. The van der Waals surface area contributed by atoms with E-state index in [0.29, 0.717) is 16.8 Å². The third-order valence-corrected chi connectivity index (χ3v) is 6.72.